The highest BCUT2D eigenvalue weighted by Gasteiger charge is 2.47. The Morgan fingerprint density at radius 3 is 2.65 bits per heavy atom. The van der Waals surface area contributed by atoms with E-state index in [-0.39, 0.29) is 17.8 Å². The van der Waals surface area contributed by atoms with E-state index in [2.05, 4.69) is 10.4 Å². The fourth-order valence-corrected chi connectivity index (χ4v) is 1.80. The number of rotatable bonds is 3. The van der Waals surface area contributed by atoms with Crippen LogP contribution in [-0.2, 0) is 11.3 Å². The van der Waals surface area contributed by atoms with Gasteiger partial charge in [0, 0.05) is 5.69 Å². The zero-order valence-corrected chi connectivity index (χ0v) is 10.5. The second kappa shape index (κ2) is 4.99. The minimum Gasteiger partial charge on any atom is -0.399 e. The second-order valence-corrected chi connectivity index (χ2v) is 4.33. The first-order valence-electron chi connectivity index (χ1n) is 5.67. The maximum Gasteiger partial charge on any atom is 0.504 e. The van der Waals surface area contributed by atoms with Gasteiger partial charge in [0.1, 0.15) is 0 Å². The van der Waals surface area contributed by atoms with Crippen LogP contribution in [0.4, 0.5) is 18.9 Å². The number of carbonyl (C=O) groups excluding carboxylic acids is 1. The van der Waals surface area contributed by atoms with Gasteiger partial charge in [0.2, 0.25) is 6.17 Å². The van der Waals surface area contributed by atoms with Crippen molar-refractivity contribution in [1.82, 2.24) is 10.0 Å². The predicted octanol–water partition coefficient (Wildman–Crippen LogP) is 2.02. The van der Waals surface area contributed by atoms with Crippen molar-refractivity contribution in [2.24, 2.45) is 10.4 Å². The summed E-state index contributed by atoms with van der Waals surface area (Å²) in [4.78, 5) is 10.9. The molecule has 0 bridgehead atoms. The van der Waals surface area contributed by atoms with E-state index < -0.39 is 12.5 Å². The number of carbonyl (C=O) groups is 1. The number of nitrogens with two attached hydrogens (primary N) is 1. The van der Waals surface area contributed by atoms with Crippen LogP contribution in [0, 0.1) is 6.92 Å². The SMILES string of the molecule is Cc1cc(CN2N=NN(C(F)(F)F)C2C=O)ccc1N. The van der Waals surface area contributed by atoms with Gasteiger partial charge in [-0.3, -0.25) is 4.79 Å². The van der Waals surface area contributed by atoms with Crippen LogP contribution in [0.15, 0.2) is 28.6 Å². The molecule has 0 spiro atoms. The molecule has 1 aromatic carbocycles. The van der Waals surface area contributed by atoms with Crippen LogP contribution in [0.5, 0.6) is 0 Å². The van der Waals surface area contributed by atoms with Crippen molar-refractivity contribution in [2.75, 3.05) is 5.73 Å². The van der Waals surface area contributed by atoms with Crippen LogP contribution in [0.25, 0.3) is 0 Å². The number of nitrogens with zero attached hydrogens (tertiary/aromatic N) is 4. The van der Waals surface area contributed by atoms with Gasteiger partial charge in [-0.2, -0.15) is 5.01 Å². The second-order valence-electron chi connectivity index (χ2n) is 4.33. The van der Waals surface area contributed by atoms with Crippen LogP contribution in [0.2, 0.25) is 0 Å². The molecule has 2 rings (SSSR count). The van der Waals surface area contributed by atoms with Crippen LogP contribution >= 0.6 is 0 Å². The first-order chi connectivity index (χ1) is 9.32. The van der Waals surface area contributed by atoms with Crippen molar-refractivity contribution in [3.63, 3.8) is 0 Å². The van der Waals surface area contributed by atoms with Gasteiger partial charge >= 0.3 is 6.30 Å². The molecular formula is C11H12F3N5O. The molecule has 0 amide bonds. The highest BCUT2D eigenvalue weighted by molar-refractivity contribution is 5.57. The van der Waals surface area contributed by atoms with Crippen molar-refractivity contribution in [3.8, 4) is 0 Å². The van der Waals surface area contributed by atoms with Gasteiger partial charge in [-0.1, -0.05) is 17.4 Å². The minimum atomic E-state index is -4.75. The molecule has 1 aliphatic rings. The molecular weight excluding hydrogens is 275 g/mol. The standard InChI is InChI=1S/C11H12F3N5O/c1-7-4-8(2-3-9(7)15)5-18-10(6-20)19(17-16-18)11(12,13)14/h2-4,6,10H,5,15H2,1H3. The lowest BCUT2D eigenvalue weighted by atomic mass is 10.1. The summed E-state index contributed by atoms with van der Waals surface area (Å²) < 4.78 is 37.8. The number of benzene rings is 1. The maximum absolute atomic E-state index is 12.6. The quantitative estimate of drug-likeness (QED) is 0.524. The topological polar surface area (TPSA) is 74.3 Å². The number of alkyl halides is 3. The summed E-state index contributed by atoms with van der Waals surface area (Å²) in [5.41, 5.74) is 7.73. The molecule has 1 aromatic rings. The Labute approximate surface area is 112 Å². The summed E-state index contributed by atoms with van der Waals surface area (Å²) in [6.07, 6.45) is -6.19. The fraction of sp³-hybridized carbons (Fsp3) is 0.364. The molecule has 1 unspecified atom stereocenters. The van der Waals surface area contributed by atoms with E-state index in [1.54, 1.807) is 25.1 Å². The summed E-state index contributed by atoms with van der Waals surface area (Å²) in [7, 11) is 0. The Morgan fingerprint density at radius 1 is 1.40 bits per heavy atom. The number of hydrogen-bond acceptors (Lipinski definition) is 6. The third-order valence-electron chi connectivity index (χ3n) is 2.87. The monoisotopic (exact) mass is 287 g/mol. The van der Waals surface area contributed by atoms with Gasteiger partial charge in [-0.25, -0.2) is 5.01 Å². The van der Waals surface area contributed by atoms with Gasteiger partial charge < -0.3 is 5.73 Å². The molecule has 0 fully saturated rings. The molecule has 20 heavy (non-hydrogen) atoms. The Bertz CT molecular complexity index is 545. The van der Waals surface area contributed by atoms with Crippen LogP contribution in [0.3, 0.4) is 0 Å². The van der Waals surface area contributed by atoms with Gasteiger partial charge in [0.15, 0.2) is 6.29 Å². The van der Waals surface area contributed by atoms with E-state index in [9.17, 15) is 18.0 Å². The largest absolute Gasteiger partial charge is 0.504 e. The highest BCUT2D eigenvalue weighted by Crippen LogP contribution is 2.30. The molecule has 0 radical (unpaired) electrons. The van der Waals surface area contributed by atoms with E-state index in [0.717, 1.165) is 10.6 Å². The van der Waals surface area contributed by atoms with Crippen molar-refractivity contribution < 1.29 is 18.0 Å². The van der Waals surface area contributed by atoms with Gasteiger partial charge in [0.25, 0.3) is 0 Å². The number of hydrogen-bond donors (Lipinski definition) is 1. The van der Waals surface area contributed by atoms with Crippen LogP contribution in [-0.4, -0.2) is 28.8 Å². The molecule has 1 aliphatic heterocycles. The predicted molar refractivity (Wildman–Crippen MR) is 63.7 cm³/mol. The van der Waals surface area contributed by atoms with Gasteiger partial charge in [-0.05, 0) is 29.3 Å². The average molecular weight is 287 g/mol. The summed E-state index contributed by atoms with van der Waals surface area (Å²) >= 11 is 0. The molecule has 0 saturated carbocycles. The molecule has 9 heteroatoms. The third-order valence-corrected chi connectivity index (χ3v) is 2.87. The van der Waals surface area contributed by atoms with Gasteiger partial charge in [-0.15, -0.1) is 13.2 Å². The van der Waals surface area contributed by atoms with Crippen LogP contribution in [0.1, 0.15) is 11.1 Å². The molecule has 108 valence electrons. The van der Waals surface area contributed by atoms with E-state index in [0.29, 0.717) is 11.3 Å². The van der Waals surface area contributed by atoms with E-state index in [4.69, 9.17) is 5.73 Å². The minimum absolute atomic E-state index is 0.0284. The Kier molecular flexibility index (Phi) is 3.51. The molecule has 1 atom stereocenters. The van der Waals surface area contributed by atoms with Gasteiger partial charge in [0.05, 0.1) is 6.54 Å². The van der Waals surface area contributed by atoms with Crippen molar-refractivity contribution in [1.29, 1.82) is 0 Å². The van der Waals surface area contributed by atoms with Crippen molar-refractivity contribution >= 4 is 12.0 Å². The van der Waals surface area contributed by atoms with E-state index >= 15 is 0 Å². The lowest BCUT2D eigenvalue weighted by Crippen LogP contribution is -2.46. The number of aryl methyl sites for hydroxylation is 1. The molecule has 0 saturated heterocycles. The zero-order valence-electron chi connectivity index (χ0n) is 10.5. The number of halogens is 3. The van der Waals surface area contributed by atoms with Crippen molar-refractivity contribution in [2.45, 2.75) is 25.9 Å². The molecule has 0 aromatic heterocycles. The van der Waals surface area contributed by atoms with Crippen molar-refractivity contribution in [3.05, 3.63) is 29.3 Å². The summed E-state index contributed by atoms with van der Waals surface area (Å²) in [5.74, 6) is 0. The summed E-state index contributed by atoms with van der Waals surface area (Å²) in [5, 5.41) is 7.04. The molecule has 1 heterocycles. The molecule has 6 nitrogen and oxygen atoms in total. The first kappa shape index (κ1) is 14.1. The Morgan fingerprint density at radius 2 is 2.10 bits per heavy atom. The number of nitrogen functional groups attached to an aromatic ring is 1. The lowest BCUT2D eigenvalue weighted by molar-refractivity contribution is -0.259. The molecule has 2 N–H and O–H groups in total. The fourth-order valence-electron chi connectivity index (χ4n) is 1.80. The van der Waals surface area contributed by atoms with E-state index in [1.807, 2.05) is 0 Å². The average Bonchev–Trinajstić information content (AvgIpc) is 2.76. The maximum atomic E-state index is 12.6. The van der Waals surface area contributed by atoms with E-state index in [1.165, 1.54) is 0 Å². The normalized spacial score (nSPS) is 18.7. The Hall–Kier alpha value is -2.32. The molecule has 0 aliphatic carbocycles. The smallest absolute Gasteiger partial charge is 0.399 e. The van der Waals surface area contributed by atoms with Crippen LogP contribution < -0.4 is 5.73 Å². The first-order valence-corrected chi connectivity index (χ1v) is 5.67. The summed E-state index contributed by atoms with van der Waals surface area (Å²) in [6.45, 7) is 1.81. The third kappa shape index (κ3) is 2.65. The Balaban J connectivity index is 2.16. The highest BCUT2D eigenvalue weighted by atomic mass is 19.4. The number of aldehydes is 1. The zero-order chi connectivity index (χ0) is 14.9. The lowest BCUT2D eigenvalue weighted by Gasteiger charge is -2.24. The number of anilines is 1. The summed E-state index contributed by atoms with van der Waals surface area (Å²) in [6, 6.07) is 5.04.